The summed E-state index contributed by atoms with van der Waals surface area (Å²) < 4.78 is 24.9. The molecule has 0 spiro atoms. The predicted molar refractivity (Wildman–Crippen MR) is 90.0 cm³/mol. The largest absolute Gasteiger partial charge is 0.364 e. The number of hydrogen-bond donors (Lipinski definition) is 1. The Hall–Kier alpha value is -2.41. The van der Waals surface area contributed by atoms with E-state index in [2.05, 4.69) is 15.4 Å². The Morgan fingerprint density at radius 3 is 2.70 bits per heavy atom. The fourth-order valence-corrected chi connectivity index (χ4v) is 3.36. The highest BCUT2D eigenvalue weighted by atomic mass is 32.2. The molecule has 0 saturated heterocycles. The van der Waals surface area contributed by atoms with Gasteiger partial charge in [-0.3, -0.25) is 0 Å². The maximum Gasteiger partial charge on any atom is 0.152 e. The standard InChI is InChI=1S/C16H18N4O2S/c1-12-9-15-16(17-7-8-20(15)19-12)18-10-13-5-3-4-6-14(13)11-23(2,21)22/h3-9H,10-11H2,1-2H3,(H,17,18). The zero-order valence-electron chi connectivity index (χ0n) is 13.0. The van der Waals surface area contributed by atoms with Gasteiger partial charge < -0.3 is 5.32 Å². The van der Waals surface area contributed by atoms with E-state index in [9.17, 15) is 8.42 Å². The van der Waals surface area contributed by atoms with E-state index in [1.165, 1.54) is 6.26 Å². The van der Waals surface area contributed by atoms with E-state index in [0.717, 1.165) is 28.2 Å². The summed E-state index contributed by atoms with van der Waals surface area (Å²) in [5.41, 5.74) is 3.56. The molecule has 0 atom stereocenters. The Balaban J connectivity index is 1.85. The molecule has 2 heterocycles. The predicted octanol–water partition coefficient (Wildman–Crippen LogP) is 2.19. The Bertz CT molecular complexity index is 948. The van der Waals surface area contributed by atoms with Crippen LogP contribution in [0.25, 0.3) is 5.52 Å². The summed E-state index contributed by atoms with van der Waals surface area (Å²) in [6.45, 7) is 2.43. The van der Waals surface area contributed by atoms with Crippen molar-refractivity contribution in [2.75, 3.05) is 11.6 Å². The number of sulfone groups is 1. The van der Waals surface area contributed by atoms with Gasteiger partial charge >= 0.3 is 0 Å². The van der Waals surface area contributed by atoms with Crippen LogP contribution in [0.3, 0.4) is 0 Å². The molecule has 0 aliphatic rings. The first-order valence-corrected chi connectivity index (χ1v) is 9.28. The van der Waals surface area contributed by atoms with E-state index in [4.69, 9.17) is 0 Å². The van der Waals surface area contributed by atoms with Crippen LogP contribution in [0.5, 0.6) is 0 Å². The normalized spacial score (nSPS) is 11.7. The number of aryl methyl sites for hydroxylation is 1. The van der Waals surface area contributed by atoms with Crippen LogP contribution in [0.2, 0.25) is 0 Å². The maximum atomic E-state index is 11.6. The molecule has 0 amide bonds. The van der Waals surface area contributed by atoms with Gasteiger partial charge in [0.2, 0.25) is 0 Å². The highest BCUT2D eigenvalue weighted by Gasteiger charge is 2.10. The van der Waals surface area contributed by atoms with Gasteiger partial charge in [-0.25, -0.2) is 17.9 Å². The second-order valence-electron chi connectivity index (χ2n) is 5.58. The van der Waals surface area contributed by atoms with Crippen molar-refractivity contribution >= 4 is 21.2 Å². The summed E-state index contributed by atoms with van der Waals surface area (Å²) in [4.78, 5) is 4.35. The van der Waals surface area contributed by atoms with Crippen LogP contribution >= 0.6 is 0 Å². The molecule has 120 valence electrons. The third-order valence-corrected chi connectivity index (χ3v) is 4.33. The first-order chi connectivity index (χ1) is 10.9. The van der Waals surface area contributed by atoms with Crippen LogP contribution in [0.15, 0.2) is 42.7 Å². The van der Waals surface area contributed by atoms with Gasteiger partial charge in [0, 0.05) is 25.2 Å². The third-order valence-electron chi connectivity index (χ3n) is 3.49. The molecule has 1 aromatic carbocycles. The number of hydrogen-bond acceptors (Lipinski definition) is 5. The third kappa shape index (κ3) is 3.68. The van der Waals surface area contributed by atoms with Gasteiger partial charge in [-0.1, -0.05) is 24.3 Å². The Morgan fingerprint density at radius 2 is 1.96 bits per heavy atom. The molecule has 3 aromatic rings. The summed E-state index contributed by atoms with van der Waals surface area (Å²) in [6, 6.07) is 9.48. The maximum absolute atomic E-state index is 11.6. The molecule has 0 bridgehead atoms. The van der Waals surface area contributed by atoms with Crippen molar-refractivity contribution in [1.29, 1.82) is 0 Å². The molecule has 6 nitrogen and oxygen atoms in total. The minimum atomic E-state index is -3.07. The Morgan fingerprint density at radius 1 is 1.22 bits per heavy atom. The van der Waals surface area contributed by atoms with E-state index < -0.39 is 9.84 Å². The van der Waals surface area contributed by atoms with Crippen molar-refractivity contribution in [1.82, 2.24) is 14.6 Å². The molecular weight excluding hydrogens is 312 g/mol. The van der Waals surface area contributed by atoms with E-state index in [1.54, 1.807) is 16.9 Å². The van der Waals surface area contributed by atoms with Gasteiger partial charge in [0.15, 0.2) is 15.7 Å². The van der Waals surface area contributed by atoms with Crippen LogP contribution in [-0.4, -0.2) is 29.3 Å². The lowest BCUT2D eigenvalue weighted by molar-refractivity contribution is 0.601. The minimum absolute atomic E-state index is 0.0360. The number of nitrogens with one attached hydrogen (secondary N) is 1. The van der Waals surface area contributed by atoms with Crippen molar-refractivity contribution in [2.45, 2.75) is 19.2 Å². The first kappa shape index (κ1) is 15.5. The lowest BCUT2D eigenvalue weighted by Gasteiger charge is -2.11. The molecule has 0 radical (unpaired) electrons. The van der Waals surface area contributed by atoms with Crippen LogP contribution < -0.4 is 5.32 Å². The first-order valence-electron chi connectivity index (χ1n) is 7.22. The number of aromatic nitrogens is 3. The van der Waals surface area contributed by atoms with Crippen LogP contribution in [0.4, 0.5) is 5.82 Å². The number of fused-ring (bicyclic) bond motifs is 1. The average Bonchev–Trinajstić information content (AvgIpc) is 2.85. The molecule has 3 rings (SSSR count). The monoisotopic (exact) mass is 330 g/mol. The molecule has 1 N–H and O–H groups in total. The summed E-state index contributed by atoms with van der Waals surface area (Å²) >= 11 is 0. The molecule has 23 heavy (non-hydrogen) atoms. The van der Waals surface area contributed by atoms with Gasteiger partial charge in [0.1, 0.15) is 5.52 Å². The van der Waals surface area contributed by atoms with Crippen molar-refractivity contribution in [2.24, 2.45) is 0 Å². The van der Waals surface area contributed by atoms with Crippen LogP contribution in [0, 0.1) is 6.92 Å². The fourth-order valence-electron chi connectivity index (χ4n) is 2.51. The topological polar surface area (TPSA) is 76.4 Å². The van der Waals surface area contributed by atoms with Crippen molar-refractivity contribution in [3.63, 3.8) is 0 Å². The quantitative estimate of drug-likeness (QED) is 0.776. The highest BCUT2D eigenvalue weighted by molar-refractivity contribution is 7.89. The zero-order chi connectivity index (χ0) is 16.4. The van der Waals surface area contributed by atoms with E-state index in [1.807, 2.05) is 37.3 Å². The van der Waals surface area contributed by atoms with Crippen LogP contribution in [0.1, 0.15) is 16.8 Å². The molecule has 0 saturated carbocycles. The lowest BCUT2D eigenvalue weighted by atomic mass is 10.1. The molecular formula is C16H18N4O2S. The van der Waals surface area contributed by atoms with Crippen molar-refractivity contribution in [3.8, 4) is 0 Å². The van der Waals surface area contributed by atoms with Crippen molar-refractivity contribution < 1.29 is 8.42 Å². The second-order valence-corrected chi connectivity index (χ2v) is 7.72. The van der Waals surface area contributed by atoms with Gasteiger partial charge in [0.05, 0.1) is 11.4 Å². The fraction of sp³-hybridized carbons (Fsp3) is 0.250. The molecule has 7 heteroatoms. The highest BCUT2D eigenvalue weighted by Crippen LogP contribution is 2.18. The summed E-state index contributed by atoms with van der Waals surface area (Å²) in [6.07, 6.45) is 4.73. The summed E-state index contributed by atoms with van der Waals surface area (Å²) in [7, 11) is -3.07. The lowest BCUT2D eigenvalue weighted by Crippen LogP contribution is -2.08. The smallest absolute Gasteiger partial charge is 0.152 e. The zero-order valence-corrected chi connectivity index (χ0v) is 13.8. The number of rotatable bonds is 5. The van der Waals surface area contributed by atoms with Gasteiger partial charge in [-0.15, -0.1) is 0 Å². The molecule has 0 unspecified atom stereocenters. The van der Waals surface area contributed by atoms with E-state index >= 15 is 0 Å². The Labute approximate surface area is 135 Å². The van der Waals surface area contributed by atoms with Gasteiger partial charge in [-0.2, -0.15) is 5.10 Å². The SMILES string of the molecule is Cc1cc2c(NCc3ccccc3CS(C)(=O)=O)nccn2n1. The van der Waals surface area contributed by atoms with Gasteiger partial charge in [0.25, 0.3) is 0 Å². The van der Waals surface area contributed by atoms with E-state index in [-0.39, 0.29) is 5.75 Å². The summed E-state index contributed by atoms with van der Waals surface area (Å²) in [5.74, 6) is 0.760. The second kappa shape index (κ2) is 6.00. The summed E-state index contributed by atoms with van der Waals surface area (Å²) in [5, 5.41) is 7.63. The Kier molecular flexibility index (Phi) is 4.04. The van der Waals surface area contributed by atoms with Crippen molar-refractivity contribution in [3.05, 3.63) is 59.5 Å². The van der Waals surface area contributed by atoms with Gasteiger partial charge in [-0.05, 0) is 24.1 Å². The molecule has 0 aliphatic heterocycles. The number of anilines is 1. The molecule has 0 fully saturated rings. The molecule has 0 aliphatic carbocycles. The minimum Gasteiger partial charge on any atom is -0.364 e. The van der Waals surface area contributed by atoms with Crippen LogP contribution in [-0.2, 0) is 22.1 Å². The molecule has 2 aromatic heterocycles. The number of nitrogens with zero attached hydrogens (tertiary/aromatic N) is 3. The van der Waals surface area contributed by atoms with E-state index in [0.29, 0.717) is 6.54 Å². The average molecular weight is 330 g/mol. The number of benzene rings is 1.